The highest BCUT2D eigenvalue weighted by Crippen LogP contribution is 2.33. The SMILES string of the molecule is C/C=C/CCc1ccc(C#Cc2ccc3c(F)c(-c4cc(F)c(CC(F)(F)F)c(F)c4)ccc3c2)cc1. The number of alkyl halides is 3. The Labute approximate surface area is 211 Å². The highest BCUT2D eigenvalue weighted by molar-refractivity contribution is 5.89. The number of hydrogen-bond donors (Lipinski definition) is 0. The molecule has 188 valence electrons. The first-order chi connectivity index (χ1) is 17.6. The van der Waals surface area contributed by atoms with E-state index in [1.165, 1.54) is 17.7 Å². The van der Waals surface area contributed by atoms with E-state index in [0.29, 0.717) is 10.9 Å². The lowest BCUT2D eigenvalue weighted by atomic mass is 9.97. The highest BCUT2D eigenvalue weighted by atomic mass is 19.4. The molecular weight excluding hydrogens is 486 g/mol. The zero-order valence-electron chi connectivity index (χ0n) is 19.9. The van der Waals surface area contributed by atoms with E-state index in [1.807, 2.05) is 37.3 Å². The molecule has 0 unspecified atom stereocenters. The van der Waals surface area contributed by atoms with Crippen LogP contribution in [-0.4, -0.2) is 6.18 Å². The number of benzene rings is 4. The first kappa shape index (κ1) is 26.1. The van der Waals surface area contributed by atoms with Gasteiger partial charge in [-0.05, 0) is 72.7 Å². The second-order valence-electron chi connectivity index (χ2n) is 8.63. The van der Waals surface area contributed by atoms with Gasteiger partial charge in [0.1, 0.15) is 17.5 Å². The van der Waals surface area contributed by atoms with Crippen LogP contribution in [-0.2, 0) is 12.8 Å². The molecule has 0 bridgehead atoms. The summed E-state index contributed by atoms with van der Waals surface area (Å²) >= 11 is 0. The maximum absolute atomic E-state index is 15.3. The summed E-state index contributed by atoms with van der Waals surface area (Å²) in [7, 11) is 0. The summed E-state index contributed by atoms with van der Waals surface area (Å²) in [6, 6.07) is 17.2. The molecule has 0 saturated carbocycles. The molecule has 0 radical (unpaired) electrons. The Morgan fingerprint density at radius 2 is 1.43 bits per heavy atom. The van der Waals surface area contributed by atoms with Gasteiger partial charge in [-0.1, -0.05) is 54.3 Å². The molecule has 0 aliphatic carbocycles. The third kappa shape index (κ3) is 6.42. The number of allylic oxidation sites excluding steroid dienone is 2. The smallest absolute Gasteiger partial charge is 0.207 e. The van der Waals surface area contributed by atoms with E-state index in [0.717, 1.165) is 30.5 Å². The molecule has 4 rings (SSSR count). The van der Waals surface area contributed by atoms with Crippen LogP contribution in [0.15, 0.2) is 78.9 Å². The van der Waals surface area contributed by atoms with Crippen LogP contribution in [0, 0.1) is 29.3 Å². The second kappa shape index (κ2) is 11.0. The molecule has 0 heterocycles. The molecule has 0 spiro atoms. The van der Waals surface area contributed by atoms with Crippen LogP contribution in [0.1, 0.15) is 35.6 Å². The van der Waals surface area contributed by atoms with Crippen LogP contribution in [0.25, 0.3) is 21.9 Å². The van der Waals surface area contributed by atoms with E-state index in [1.54, 1.807) is 18.2 Å². The quantitative estimate of drug-likeness (QED) is 0.143. The van der Waals surface area contributed by atoms with E-state index in [-0.39, 0.29) is 16.5 Å². The van der Waals surface area contributed by atoms with Crippen molar-refractivity contribution >= 4 is 10.8 Å². The summed E-state index contributed by atoms with van der Waals surface area (Å²) in [6.07, 6.45) is -0.445. The van der Waals surface area contributed by atoms with Gasteiger partial charge in [0, 0.05) is 27.6 Å². The van der Waals surface area contributed by atoms with Crippen molar-refractivity contribution in [1.82, 2.24) is 0 Å². The fourth-order valence-electron chi connectivity index (χ4n) is 4.04. The summed E-state index contributed by atoms with van der Waals surface area (Å²) in [4.78, 5) is 0. The van der Waals surface area contributed by atoms with Gasteiger partial charge >= 0.3 is 6.18 Å². The van der Waals surface area contributed by atoms with Crippen LogP contribution in [0.3, 0.4) is 0 Å². The summed E-state index contributed by atoms with van der Waals surface area (Å²) in [5.74, 6) is 2.67. The molecule has 4 aromatic carbocycles. The molecule has 0 atom stereocenters. The van der Waals surface area contributed by atoms with E-state index in [4.69, 9.17) is 0 Å². The maximum atomic E-state index is 15.3. The zero-order chi connectivity index (χ0) is 26.6. The minimum absolute atomic E-state index is 0.114. The van der Waals surface area contributed by atoms with Gasteiger partial charge in [0.25, 0.3) is 0 Å². The Balaban J connectivity index is 1.59. The molecule has 6 heteroatoms. The minimum atomic E-state index is -4.77. The lowest BCUT2D eigenvalue weighted by Gasteiger charge is -2.12. The van der Waals surface area contributed by atoms with Crippen molar-refractivity contribution in [3.8, 4) is 23.0 Å². The van der Waals surface area contributed by atoms with Gasteiger partial charge in [-0.25, -0.2) is 13.2 Å². The predicted octanol–water partition coefficient (Wildman–Crippen LogP) is 8.94. The van der Waals surface area contributed by atoms with Crippen LogP contribution in [0.2, 0.25) is 0 Å². The molecule has 0 fully saturated rings. The summed E-state index contributed by atoms with van der Waals surface area (Å²) < 4.78 is 81.6. The molecular formula is C31H22F6. The Hall–Kier alpha value is -3.98. The van der Waals surface area contributed by atoms with Crippen LogP contribution >= 0.6 is 0 Å². The molecule has 0 aliphatic heterocycles. The van der Waals surface area contributed by atoms with E-state index in [9.17, 15) is 22.0 Å². The second-order valence-corrected chi connectivity index (χ2v) is 8.63. The normalized spacial score (nSPS) is 11.6. The topological polar surface area (TPSA) is 0 Å². The Kier molecular flexibility index (Phi) is 7.73. The summed E-state index contributed by atoms with van der Waals surface area (Å²) in [6.45, 7) is 1.99. The van der Waals surface area contributed by atoms with E-state index >= 15 is 4.39 Å². The van der Waals surface area contributed by atoms with Gasteiger partial charge in [-0.2, -0.15) is 13.2 Å². The lowest BCUT2D eigenvalue weighted by molar-refractivity contribution is -0.128. The number of hydrogen-bond acceptors (Lipinski definition) is 0. The maximum Gasteiger partial charge on any atom is 0.393 e. The van der Waals surface area contributed by atoms with Crippen LogP contribution < -0.4 is 0 Å². The van der Waals surface area contributed by atoms with Crippen molar-refractivity contribution in [3.05, 3.63) is 119 Å². The number of aryl methyl sites for hydroxylation is 1. The average Bonchev–Trinajstić information content (AvgIpc) is 2.85. The first-order valence-electron chi connectivity index (χ1n) is 11.6. The zero-order valence-corrected chi connectivity index (χ0v) is 19.9. The summed E-state index contributed by atoms with van der Waals surface area (Å²) in [5.41, 5.74) is 1.33. The largest absolute Gasteiger partial charge is 0.393 e. The van der Waals surface area contributed by atoms with E-state index in [2.05, 4.69) is 17.9 Å². The first-order valence-corrected chi connectivity index (χ1v) is 11.6. The van der Waals surface area contributed by atoms with Crippen LogP contribution in [0.5, 0.6) is 0 Å². The van der Waals surface area contributed by atoms with Gasteiger partial charge in [-0.3, -0.25) is 0 Å². The van der Waals surface area contributed by atoms with Gasteiger partial charge in [0.05, 0.1) is 6.42 Å². The predicted molar refractivity (Wildman–Crippen MR) is 135 cm³/mol. The van der Waals surface area contributed by atoms with Crippen molar-refractivity contribution in [3.63, 3.8) is 0 Å². The third-order valence-electron chi connectivity index (χ3n) is 5.92. The molecule has 37 heavy (non-hydrogen) atoms. The molecule has 0 N–H and O–H groups in total. The minimum Gasteiger partial charge on any atom is -0.207 e. The van der Waals surface area contributed by atoms with Gasteiger partial charge in [0.15, 0.2) is 0 Å². The lowest BCUT2D eigenvalue weighted by Crippen LogP contribution is -2.14. The number of halogens is 6. The number of rotatable bonds is 5. The highest BCUT2D eigenvalue weighted by Gasteiger charge is 2.31. The van der Waals surface area contributed by atoms with Crippen LogP contribution in [0.4, 0.5) is 26.3 Å². The summed E-state index contributed by atoms with van der Waals surface area (Å²) in [5, 5.41) is 0.732. The standard InChI is InChI=1S/C31H22F6/c1-2-3-4-5-20-6-8-21(9-7-20)10-11-22-12-14-25-23(16-22)13-15-26(30(25)34)24-17-28(32)27(29(33)18-24)19-31(35,36)37/h2-3,6-9,12-18H,4-5,19H2,1H3/b3-2+. The Morgan fingerprint density at radius 1 is 0.784 bits per heavy atom. The fraction of sp³-hybridized carbons (Fsp3) is 0.161. The van der Waals surface area contributed by atoms with Crippen molar-refractivity contribution in [2.24, 2.45) is 0 Å². The van der Waals surface area contributed by atoms with Crippen molar-refractivity contribution in [1.29, 1.82) is 0 Å². The monoisotopic (exact) mass is 508 g/mol. The van der Waals surface area contributed by atoms with Crippen molar-refractivity contribution < 1.29 is 26.3 Å². The van der Waals surface area contributed by atoms with Gasteiger partial charge < -0.3 is 0 Å². The average molecular weight is 509 g/mol. The molecule has 0 aliphatic rings. The van der Waals surface area contributed by atoms with Crippen molar-refractivity contribution in [2.45, 2.75) is 32.4 Å². The van der Waals surface area contributed by atoms with Crippen molar-refractivity contribution in [2.75, 3.05) is 0 Å². The molecule has 0 aromatic heterocycles. The Morgan fingerprint density at radius 3 is 2.08 bits per heavy atom. The molecule has 0 saturated heterocycles. The number of fused-ring (bicyclic) bond motifs is 1. The molecule has 0 nitrogen and oxygen atoms in total. The molecule has 4 aromatic rings. The third-order valence-corrected chi connectivity index (χ3v) is 5.92. The molecule has 0 amide bonds. The van der Waals surface area contributed by atoms with E-state index < -0.39 is 35.6 Å². The van der Waals surface area contributed by atoms with Gasteiger partial charge in [0.2, 0.25) is 0 Å². The fourth-order valence-corrected chi connectivity index (χ4v) is 4.04. The Bertz CT molecular complexity index is 1490. The van der Waals surface area contributed by atoms with Gasteiger partial charge in [-0.15, -0.1) is 0 Å².